The van der Waals surface area contributed by atoms with Gasteiger partial charge >= 0.3 is 0 Å². The number of rotatable bonds is 4. The van der Waals surface area contributed by atoms with E-state index in [4.69, 9.17) is 0 Å². The summed E-state index contributed by atoms with van der Waals surface area (Å²) >= 11 is 0. The third kappa shape index (κ3) is 3.44. The number of aromatic nitrogens is 1. The highest BCUT2D eigenvalue weighted by Crippen LogP contribution is 2.45. The van der Waals surface area contributed by atoms with Gasteiger partial charge in [0.25, 0.3) is 11.8 Å². The molecule has 1 fully saturated rings. The molecule has 2 aliphatic rings. The van der Waals surface area contributed by atoms with Crippen LogP contribution in [0.2, 0.25) is 0 Å². The van der Waals surface area contributed by atoms with Crippen LogP contribution in [-0.2, 0) is 12.1 Å². The molecule has 0 radical (unpaired) electrons. The van der Waals surface area contributed by atoms with Crippen molar-refractivity contribution in [1.82, 2.24) is 14.8 Å². The lowest BCUT2D eigenvalue weighted by atomic mass is 9.72. The summed E-state index contributed by atoms with van der Waals surface area (Å²) in [7, 11) is 0. The van der Waals surface area contributed by atoms with Gasteiger partial charge in [-0.25, -0.2) is 8.78 Å². The van der Waals surface area contributed by atoms with Crippen molar-refractivity contribution in [2.75, 3.05) is 6.54 Å². The van der Waals surface area contributed by atoms with Crippen LogP contribution >= 0.6 is 0 Å². The fourth-order valence-electron chi connectivity index (χ4n) is 4.44. The van der Waals surface area contributed by atoms with Gasteiger partial charge in [0.05, 0.1) is 11.6 Å². The van der Waals surface area contributed by atoms with Crippen LogP contribution in [0.25, 0.3) is 0 Å². The summed E-state index contributed by atoms with van der Waals surface area (Å²) in [5.41, 5.74) is -2.40. The SMILES string of the molecule is CC(C)N1CC2(CC(O)C2)n2cc(C(=O)NCc3ccc(F)cc3F)c(=O)c(O)c2C1=O. The zero-order valence-electron chi connectivity index (χ0n) is 17.6. The van der Waals surface area contributed by atoms with Crippen LogP contribution in [-0.4, -0.2) is 50.2 Å². The Morgan fingerprint density at radius 3 is 2.56 bits per heavy atom. The minimum absolute atomic E-state index is 0.0170. The Morgan fingerprint density at radius 2 is 1.97 bits per heavy atom. The number of fused-ring (bicyclic) bond motifs is 2. The first-order valence-corrected chi connectivity index (χ1v) is 10.2. The first-order valence-electron chi connectivity index (χ1n) is 10.2. The van der Waals surface area contributed by atoms with E-state index >= 15 is 0 Å². The van der Waals surface area contributed by atoms with E-state index in [1.165, 1.54) is 21.7 Å². The molecule has 170 valence electrons. The third-order valence-electron chi connectivity index (χ3n) is 6.18. The quantitative estimate of drug-likeness (QED) is 0.657. The summed E-state index contributed by atoms with van der Waals surface area (Å²) in [6.07, 6.45) is 1.20. The minimum Gasteiger partial charge on any atom is -0.503 e. The van der Waals surface area contributed by atoms with E-state index in [1.807, 2.05) is 13.8 Å². The standard InChI is InChI=1S/C22H23F2N3O5/c1-11(2)26-10-22(6-14(28)7-22)27-9-15(18(29)19(30)17(27)21(26)32)20(31)25-8-12-3-4-13(23)5-16(12)24/h3-5,9,11,14,28,30H,6-8,10H2,1-2H3,(H,25,31). The van der Waals surface area contributed by atoms with Gasteiger partial charge in [0.1, 0.15) is 17.2 Å². The molecule has 1 aromatic carbocycles. The molecule has 0 saturated heterocycles. The maximum absolute atomic E-state index is 13.8. The number of halogens is 2. The molecular weight excluding hydrogens is 424 g/mol. The van der Waals surface area contributed by atoms with Crippen LogP contribution in [0.5, 0.6) is 5.75 Å². The van der Waals surface area contributed by atoms with Crippen molar-refractivity contribution in [3.8, 4) is 5.75 Å². The number of benzene rings is 1. The summed E-state index contributed by atoms with van der Waals surface area (Å²) in [6.45, 7) is 3.57. The summed E-state index contributed by atoms with van der Waals surface area (Å²) in [6, 6.07) is 2.70. The van der Waals surface area contributed by atoms with Crippen molar-refractivity contribution in [2.24, 2.45) is 0 Å². The van der Waals surface area contributed by atoms with Crippen molar-refractivity contribution in [3.05, 3.63) is 63.1 Å². The normalized spacial score (nSPS) is 22.1. The average molecular weight is 447 g/mol. The van der Waals surface area contributed by atoms with Gasteiger partial charge in [-0.05, 0) is 32.8 Å². The van der Waals surface area contributed by atoms with E-state index in [2.05, 4.69) is 5.32 Å². The third-order valence-corrected chi connectivity index (χ3v) is 6.18. The zero-order valence-corrected chi connectivity index (χ0v) is 17.6. The van der Waals surface area contributed by atoms with Gasteiger partial charge in [-0.15, -0.1) is 0 Å². The molecule has 10 heteroatoms. The fourth-order valence-corrected chi connectivity index (χ4v) is 4.44. The van der Waals surface area contributed by atoms with Crippen molar-refractivity contribution in [2.45, 2.75) is 50.9 Å². The highest BCUT2D eigenvalue weighted by atomic mass is 19.1. The van der Waals surface area contributed by atoms with Crippen LogP contribution in [0.3, 0.4) is 0 Å². The number of carbonyl (C=O) groups excluding carboxylic acids is 2. The second-order valence-corrected chi connectivity index (χ2v) is 8.67. The van der Waals surface area contributed by atoms with Crippen LogP contribution in [0, 0.1) is 11.6 Å². The van der Waals surface area contributed by atoms with E-state index in [0.717, 1.165) is 6.07 Å². The van der Waals surface area contributed by atoms with Crippen molar-refractivity contribution < 1.29 is 28.6 Å². The molecule has 1 aliphatic carbocycles. The molecule has 1 spiro atoms. The summed E-state index contributed by atoms with van der Waals surface area (Å²) in [5, 5.41) is 22.9. The molecule has 0 bridgehead atoms. The lowest BCUT2D eigenvalue weighted by Crippen LogP contribution is -2.63. The topological polar surface area (TPSA) is 112 Å². The number of pyridine rings is 1. The van der Waals surface area contributed by atoms with Gasteiger partial charge in [-0.2, -0.15) is 0 Å². The summed E-state index contributed by atoms with van der Waals surface area (Å²) in [5.74, 6) is -3.87. The minimum atomic E-state index is -1.03. The number of aromatic hydroxyl groups is 1. The Morgan fingerprint density at radius 1 is 1.28 bits per heavy atom. The lowest BCUT2D eigenvalue weighted by Gasteiger charge is -2.53. The number of nitrogens with zero attached hydrogens (tertiary/aromatic N) is 2. The number of carbonyl (C=O) groups is 2. The summed E-state index contributed by atoms with van der Waals surface area (Å²) in [4.78, 5) is 39.9. The number of aliphatic hydroxyl groups is 1. The predicted octanol–water partition coefficient (Wildman–Crippen LogP) is 1.48. The maximum atomic E-state index is 13.8. The first kappa shape index (κ1) is 21.9. The molecule has 2 aromatic rings. The zero-order chi connectivity index (χ0) is 23.4. The monoisotopic (exact) mass is 447 g/mol. The highest BCUT2D eigenvalue weighted by molar-refractivity contribution is 5.99. The van der Waals surface area contributed by atoms with Crippen molar-refractivity contribution >= 4 is 11.8 Å². The number of hydrogen-bond donors (Lipinski definition) is 3. The Balaban J connectivity index is 1.71. The van der Waals surface area contributed by atoms with Crippen molar-refractivity contribution in [3.63, 3.8) is 0 Å². The molecule has 4 rings (SSSR count). The number of amides is 2. The number of hydrogen-bond acceptors (Lipinski definition) is 5. The highest BCUT2D eigenvalue weighted by Gasteiger charge is 2.52. The molecular formula is C22H23F2N3O5. The molecule has 3 N–H and O–H groups in total. The van der Waals surface area contributed by atoms with Crippen LogP contribution in [0.15, 0.2) is 29.2 Å². The van der Waals surface area contributed by atoms with E-state index < -0.39 is 51.8 Å². The summed E-state index contributed by atoms with van der Waals surface area (Å²) < 4.78 is 28.3. The smallest absolute Gasteiger partial charge is 0.274 e. The molecule has 1 aliphatic heterocycles. The second kappa shape index (κ2) is 7.70. The van der Waals surface area contributed by atoms with Gasteiger partial charge in [-0.1, -0.05) is 6.07 Å². The Labute approximate surface area is 182 Å². The molecule has 8 nitrogen and oxygen atoms in total. The molecule has 32 heavy (non-hydrogen) atoms. The van der Waals surface area contributed by atoms with Gasteiger partial charge in [-0.3, -0.25) is 14.4 Å². The van der Waals surface area contributed by atoms with Crippen LogP contribution in [0.4, 0.5) is 8.78 Å². The first-order chi connectivity index (χ1) is 15.0. The maximum Gasteiger partial charge on any atom is 0.274 e. The lowest BCUT2D eigenvalue weighted by molar-refractivity contribution is -0.0528. The van der Waals surface area contributed by atoms with E-state index in [0.29, 0.717) is 18.9 Å². The van der Waals surface area contributed by atoms with E-state index in [9.17, 15) is 33.4 Å². The molecule has 1 saturated carbocycles. The average Bonchev–Trinajstić information content (AvgIpc) is 2.70. The van der Waals surface area contributed by atoms with Crippen molar-refractivity contribution in [1.29, 1.82) is 0 Å². The Hall–Kier alpha value is -3.27. The molecule has 2 amide bonds. The molecule has 0 unspecified atom stereocenters. The largest absolute Gasteiger partial charge is 0.503 e. The Kier molecular flexibility index (Phi) is 5.28. The van der Waals surface area contributed by atoms with Gasteiger partial charge in [0.15, 0.2) is 11.4 Å². The number of aliphatic hydroxyl groups excluding tert-OH is 1. The molecule has 1 aromatic heterocycles. The number of nitrogens with one attached hydrogen (secondary N) is 1. The van der Waals surface area contributed by atoms with E-state index in [1.54, 1.807) is 0 Å². The molecule has 2 heterocycles. The van der Waals surface area contributed by atoms with Gasteiger partial charge in [0.2, 0.25) is 5.43 Å². The molecule has 0 atom stereocenters. The predicted molar refractivity (Wildman–Crippen MR) is 109 cm³/mol. The van der Waals surface area contributed by atoms with E-state index in [-0.39, 0.29) is 30.4 Å². The van der Waals surface area contributed by atoms with Gasteiger partial charge in [0, 0.05) is 37.0 Å². The second-order valence-electron chi connectivity index (χ2n) is 8.67. The fraction of sp³-hybridized carbons (Fsp3) is 0.409. The van der Waals surface area contributed by atoms with Crippen LogP contribution < -0.4 is 10.7 Å². The van der Waals surface area contributed by atoms with Gasteiger partial charge < -0.3 is 25.0 Å². The Bertz CT molecular complexity index is 1170. The van der Waals surface area contributed by atoms with Crippen LogP contribution in [0.1, 0.15) is 53.1 Å².